The van der Waals surface area contributed by atoms with Crippen molar-refractivity contribution in [3.63, 3.8) is 0 Å². The predicted octanol–water partition coefficient (Wildman–Crippen LogP) is 1.79. The van der Waals surface area contributed by atoms with Gasteiger partial charge in [-0.25, -0.2) is 9.37 Å². The van der Waals surface area contributed by atoms with Crippen molar-refractivity contribution in [2.24, 2.45) is 5.92 Å². The number of nitrogens with zero attached hydrogens (tertiary/aromatic N) is 3. The highest BCUT2D eigenvalue weighted by Gasteiger charge is 2.31. The van der Waals surface area contributed by atoms with Gasteiger partial charge in [0, 0.05) is 31.5 Å². The topological polar surface area (TPSA) is 55.2 Å². The summed E-state index contributed by atoms with van der Waals surface area (Å²) in [4.78, 5) is 30.3. The molecule has 2 aromatic rings. The van der Waals surface area contributed by atoms with E-state index in [1.807, 2.05) is 18.7 Å². The lowest BCUT2D eigenvalue weighted by Crippen LogP contribution is -2.33. The highest BCUT2D eigenvalue weighted by molar-refractivity contribution is 5.79. The molecule has 0 unspecified atom stereocenters. The Hall–Kier alpha value is -2.24. The third kappa shape index (κ3) is 2.49. The number of hydrogen-bond acceptors (Lipinski definition) is 3. The Balaban J connectivity index is 1.90. The molecule has 1 saturated heterocycles. The SMILES string of the molecule is CC(C)N1C[C@@H](Cn2cnc3cccc(F)c3c2=O)CC1=O. The fourth-order valence-electron chi connectivity index (χ4n) is 3.00. The lowest BCUT2D eigenvalue weighted by Gasteiger charge is -2.21. The fourth-order valence-corrected chi connectivity index (χ4v) is 3.00. The van der Waals surface area contributed by atoms with Crippen LogP contribution in [0.15, 0.2) is 29.3 Å². The van der Waals surface area contributed by atoms with Crippen LogP contribution in [0.5, 0.6) is 0 Å². The summed E-state index contributed by atoms with van der Waals surface area (Å²) in [6.45, 7) is 4.95. The summed E-state index contributed by atoms with van der Waals surface area (Å²) >= 11 is 0. The number of amides is 1. The lowest BCUT2D eigenvalue weighted by molar-refractivity contribution is -0.129. The molecule has 0 saturated carbocycles. The Morgan fingerprint density at radius 3 is 2.82 bits per heavy atom. The van der Waals surface area contributed by atoms with Gasteiger partial charge in [-0.15, -0.1) is 0 Å². The van der Waals surface area contributed by atoms with Crippen LogP contribution in [-0.2, 0) is 11.3 Å². The number of likely N-dealkylation sites (tertiary alicyclic amines) is 1. The standard InChI is InChI=1S/C16H18FN3O2/c1-10(2)20-8-11(6-14(20)21)7-19-9-18-13-5-3-4-12(17)15(13)16(19)22/h3-5,9-11H,6-8H2,1-2H3/t11-/m1/s1. The van der Waals surface area contributed by atoms with Crippen LogP contribution in [0.3, 0.4) is 0 Å². The van der Waals surface area contributed by atoms with Crippen LogP contribution in [0.2, 0.25) is 0 Å². The smallest absolute Gasteiger partial charge is 0.264 e. The quantitative estimate of drug-likeness (QED) is 0.868. The summed E-state index contributed by atoms with van der Waals surface area (Å²) in [6, 6.07) is 4.56. The first kappa shape index (κ1) is 14.7. The molecule has 1 aromatic heterocycles. The second-order valence-corrected chi connectivity index (χ2v) is 6.05. The third-order valence-corrected chi connectivity index (χ3v) is 4.12. The lowest BCUT2D eigenvalue weighted by atomic mass is 10.1. The summed E-state index contributed by atoms with van der Waals surface area (Å²) in [5, 5.41) is 0.00930. The number of aromatic nitrogens is 2. The Kier molecular flexibility index (Phi) is 3.68. The number of benzene rings is 1. The minimum Gasteiger partial charge on any atom is -0.340 e. The number of hydrogen-bond donors (Lipinski definition) is 0. The van der Waals surface area contributed by atoms with E-state index in [0.717, 1.165) is 0 Å². The molecule has 116 valence electrons. The van der Waals surface area contributed by atoms with Gasteiger partial charge in [0.05, 0.1) is 11.8 Å². The third-order valence-electron chi connectivity index (χ3n) is 4.12. The molecule has 1 aliphatic rings. The molecule has 1 amide bonds. The maximum atomic E-state index is 13.9. The molecule has 6 heteroatoms. The summed E-state index contributed by atoms with van der Waals surface area (Å²) in [7, 11) is 0. The molecule has 0 bridgehead atoms. The molecule has 1 atom stereocenters. The first-order chi connectivity index (χ1) is 10.5. The van der Waals surface area contributed by atoms with Gasteiger partial charge in [-0.3, -0.25) is 14.2 Å². The van der Waals surface area contributed by atoms with Crippen molar-refractivity contribution >= 4 is 16.8 Å². The van der Waals surface area contributed by atoms with Gasteiger partial charge in [0.25, 0.3) is 5.56 Å². The number of fused-ring (bicyclic) bond motifs is 1. The van der Waals surface area contributed by atoms with Gasteiger partial charge in [0.2, 0.25) is 5.91 Å². The largest absolute Gasteiger partial charge is 0.340 e. The van der Waals surface area contributed by atoms with Crippen molar-refractivity contribution in [1.82, 2.24) is 14.5 Å². The monoisotopic (exact) mass is 303 g/mol. The molecule has 3 rings (SSSR count). The average Bonchev–Trinajstić information content (AvgIpc) is 2.83. The minimum absolute atomic E-state index is 0.00930. The molecule has 1 aliphatic heterocycles. The second kappa shape index (κ2) is 5.51. The maximum Gasteiger partial charge on any atom is 0.264 e. The second-order valence-electron chi connectivity index (χ2n) is 6.05. The molecule has 5 nitrogen and oxygen atoms in total. The van der Waals surface area contributed by atoms with E-state index in [1.165, 1.54) is 23.0 Å². The van der Waals surface area contributed by atoms with Crippen LogP contribution in [0.25, 0.3) is 10.9 Å². The fraction of sp³-hybridized carbons (Fsp3) is 0.438. The first-order valence-electron chi connectivity index (χ1n) is 7.40. The van der Waals surface area contributed by atoms with Gasteiger partial charge in [0.1, 0.15) is 11.2 Å². The summed E-state index contributed by atoms with van der Waals surface area (Å²) in [5.74, 6) is -0.401. The van der Waals surface area contributed by atoms with Crippen LogP contribution in [-0.4, -0.2) is 32.9 Å². The van der Waals surface area contributed by atoms with E-state index in [1.54, 1.807) is 6.07 Å². The van der Waals surface area contributed by atoms with Crippen LogP contribution in [0.4, 0.5) is 4.39 Å². The van der Waals surface area contributed by atoms with E-state index < -0.39 is 11.4 Å². The molecule has 1 aromatic carbocycles. The van der Waals surface area contributed by atoms with Crippen LogP contribution < -0.4 is 5.56 Å². The summed E-state index contributed by atoms with van der Waals surface area (Å²) < 4.78 is 15.3. The number of rotatable bonds is 3. The van der Waals surface area contributed by atoms with E-state index in [-0.39, 0.29) is 23.3 Å². The summed E-state index contributed by atoms with van der Waals surface area (Å²) in [5.41, 5.74) is -0.0360. The van der Waals surface area contributed by atoms with Crippen molar-refractivity contribution in [2.45, 2.75) is 32.9 Å². The Morgan fingerprint density at radius 1 is 1.36 bits per heavy atom. The molecule has 1 fully saturated rings. The molecule has 0 radical (unpaired) electrons. The van der Waals surface area contributed by atoms with E-state index in [4.69, 9.17) is 0 Å². The van der Waals surface area contributed by atoms with Gasteiger partial charge < -0.3 is 4.90 Å². The molecular weight excluding hydrogens is 285 g/mol. The number of halogens is 1. The van der Waals surface area contributed by atoms with Gasteiger partial charge in [-0.05, 0) is 26.0 Å². The zero-order chi connectivity index (χ0) is 15.9. The van der Waals surface area contributed by atoms with E-state index in [0.29, 0.717) is 25.0 Å². The minimum atomic E-state index is -0.560. The normalized spacial score (nSPS) is 18.6. The molecular formula is C16H18FN3O2. The van der Waals surface area contributed by atoms with E-state index >= 15 is 0 Å². The van der Waals surface area contributed by atoms with Gasteiger partial charge in [-0.1, -0.05) is 6.07 Å². The zero-order valence-corrected chi connectivity index (χ0v) is 12.6. The first-order valence-corrected chi connectivity index (χ1v) is 7.40. The van der Waals surface area contributed by atoms with Crippen molar-refractivity contribution in [3.8, 4) is 0 Å². The van der Waals surface area contributed by atoms with E-state index in [9.17, 15) is 14.0 Å². The van der Waals surface area contributed by atoms with Crippen LogP contribution >= 0.6 is 0 Å². The van der Waals surface area contributed by atoms with Crippen molar-refractivity contribution in [2.75, 3.05) is 6.54 Å². The van der Waals surface area contributed by atoms with Gasteiger partial charge >= 0.3 is 0 Å². The Labute approximate surface area is 127 Å². The molecule has 0 spiro atoms. The highest BCUT2D eigenvalue weighted by Crippen LogP contribution is 2.21. The Morgan fingerprint density at radius 2 is 2.14 bits per heavy atom. The zero-order valence-electron chi connectivity index (χ0n) is 12.6. The average molecular weight is 303 g/mol. The predicted molar refractivity (Wildman–Crippen MR) is 80.9 cm³/mol. The van der Waals surface area contributed by atoms with Gasteiger partial charge in [0.15, 0.2) is 0 Å². The molecule has 2 heterocycles. The Bertz CT molecular complexity index is 785. The van der Waals surface area contributed by atoms with Gasteiger partial charge in [-0.2, -0.15) is 0 Å². The van der Waals surface area contributed by atoms with E-state index in [2.05, 4.69) is 4.98 Å². The summed E-state index contributed by atoms with van der Waals surface area (Å²) in [6.07, 6.45) is 1.85. The molecule has 0 N–H and O–H groups in total. The number of carbonyl (C=O) groups excluding carboxylic acids is 1. The van der Waals surface area contributed by atoms with Crippen LogP contribution in [0.1, 0.15) is 20.3 Å². The van der Waals surface area contributed by atoms with Crippen molar-refractivity contribution in [1.29, 1.82) is 0 Å². The molecule has 0 aliphatic carbocycles. The van der Waals surface area contributed by atoms with Crippen molar-refractivity contribution < 1.29 is 9.18 Å². The number of carbonyl (C=O) groups is 1. The van der Waals surface area contributed by atoms with Crippen molar-refractivity contribution in [3.05, 3.63) is 40.7 Å². The maximum absolute atomic E-state index is 13.9. The molecule has 22 heavy (non-hydrogen) atoms. The highest BCUT2D eigenvalue weighted by atomic mass is 19.1. The van der Waals surface area contributed by atoms with Crippen LogP contribution in [0, 0.1) is 11.7 Å².